The number of likely N-dealkylation sites (tertiary alicyclic amines) is 1. The summed E-state index contributed by atoms with van der Waals surface area (Å²) in [5.74, 6) is 0.798. The third-order valence-corrected chi connectivity index (χ3v) is 7.12. The van der Waals surface area contributed by atoms with Gasteiger partial charge in [0.2, 0.25) is 0 Å². The lowest BCUT2D eigenvalue weighted by molar-refractivity contribution is 0.230. The summed E-state index contributed by atoms with van der Waals surface area (Å²) in [5, 5.41) is 7.70. The summed E-state index contributed by atoms with van der Waals surface area (Å²) in [6, 6.07) is 14.5. The Morgan fingerprint density at radius 3 is 2.68 bits per heavy atom. The zero-order valence-electron chi connectivity index (χ0n) is 19.3. The molecule has 7 heteroatoms. The first kappa shape index (κ1) is 22.5. The molecule has 0 radical (unpaired) electrons. The first-order chi connectivity index (χ1) is 16.7. The summed E-state index contributed by atoms with van der Waals surface area (Å²) in [6.07, 6.45) is 10.5. The lowest BCUT2D eigenvalue weighted by atomic mass is 10.1. The lowest BCUT2D eigenvalue weighted by Crippen LogP contribution is -2.31. The number of fused-ring (bicyclic) bond motifs is 1. The molecule has 0 bridgehead atoms. The molecule has 0 amide bonds. The molecule has 4 heterocycles. The van der Waals surface area contributed by atoms with Crippen LogP contribution in [0.5, 0.6) is 0 Å². The molecule has 0 spiro atoms. The van der Waals surface area contributed by atoms with E-state index in [1.54, 1.807) is 11.3 Å². The van der Waals surface area contributed by atoms with Gasteiger partial charge in [-0.3, -0.25) is 4.98 Å². The van der Waals surface area contributed by atoms with Gasteiger partial charge in [-0.15, -0.1) is 0 Å². The van der Waals surface area contributed by atoms with Crippen molar-refractivity contribution in [3.63, 3.8) is 0 Å². The minimum absolute atomic E-state index is 0.741. The van der Waals surface area contributed by atoms with Gasteiger partial charge < -0.3 is 15.5 Å². The molecule has 0 saturated carbocycles. The summed E-state index contributed by atoms with van der Waals surface area (Å²) in [6.45, 7) is 8.50. The topological polar surface area (TPSA) is 66.0 Å². The molecule has 3 aromatic heterocycles. The average Bonchev–Trinajstić information content (AvgIpc) is 3.29. The molecule has 5 rings (SSSR count). The Balaban J connectivity index is 1.18. The summed E-state index contributed by atoms with van der Waals surface area (Å²) in [7, 11) is 0. The number of pyridine rings is 2. The van der Waals surface area contributed by atoms with Gasteiger partial charge in [-0.25, -0.2) is 9.97 Å². The van der Waals surface area contributed by atoms with Crippen molar-refractivity contribution in [2.75, 3.05) is 25.0 Å². The van der Waals surface area contributed by atoms with Crippen molar-refractivity contribution >= 4 is 32.5 Å². The predicted octanol–water partition coefficient (Wildman–Crippen LogP) is 5.98. The van der Waals surface area contributed by atoms with Crippen molar-refractivity contribution in [3.05, 3.63) is 78.9 Å². The van der Waals surface area contributed by atoms with Gasteiger partial charge in [0.1, 0.15) is 5.82 Å². The first-order valence-corrected chi connectivity index (χ1v) is 12.7. The van der Waals surface area contributed by atoms with Gasteiger partial charge in [-0.05, 0) is 85.4 Å². The Hall–Kier alpha value is -3.29. The number of anilines is 2. The van der Waals surface area contributed by atoms with Crippen molar-refractivity contribution < 1.29 is 0 Å². The van der Waals surface area contributed by atoms with Gasteiger partial charge in [-0.2, -0.15) is 0 Å². The quantitative estimate of drug-likeness (QED) is 0.314. The third-order valence-electron chi connectivity index (χ3n) is 6.18. The Labute approximate surface area is 204 Å². The number of nitrogens with one attached hydrogen (secondary N) is 2. The van der Waals surface area contributed by atoms with Gasteiger partial charge in [0.15, 0.2) is 5.13 Å². The molecule has 1 fully saturated rings. The van der Waals surface area contributed by atoms with Crippen LogP contribution >= 0.6 is 11.3 Å². The Morgan fingerprint density at radius 2 is 1.82 bits per heavy atom. The molecular weight excluding hydrogens is 440 g/mol. The molecule has 1 aliphatic rings. The molecule has 34 heavy (non-hydrogen) atoms. The first-order valence-electron chi connectivity index (χ1n) is 11.9. The Morgan fingerprint density at radius 1 is 0.971 bits per heavy atom. The molecule has 4 aromatic rings. The average molecular weight is 471 g/mol. The van der Waals surface area contributed by atoms with Gasteiger partial charge in [0.25, 0.3) is 0 Å². The standard InChI is InChI=1S/C27H30N6S/c1-20(10-16-33-14-3-2-4-15-33)30-19-21-7-13-29-26(17-21)32-27-31-24-6-5-23(18-25(24)34-27)22-8-11-28-12-9-22/h5-9,11-13,17-18,30H,1-4,10,14-16,19H2,(H,29,31,32). The number of thiazole rings is 1. The fourth-order valence-electron chi connectivity index (χ4n) is 4.26. The molecule has 2 N–H and O–H groups in total. The van der Waals surface area contributed by atoms with Crippen LogP contribution in [0.4, 0.5) is 10.9 Å². The fourth-order valence-corrected chi connectivity index (χ4v) is 5.17. The second-order valence-electron chi connectivity index (χ2n) is 8.72. The van der Waals surface area contributed by atoms with E-state index in [4.69, 9.17) is 4.98 Å². The molecule has 1 saturated heterocycles. The highest BCUT2D eigenvalue weighted by molar-refractivity contribution is 7.22. The SMILES string of the molecule is C=C(CCN1CCCCC1)NCc1ccnc(Nc2nc3ccc(-c4ccncc4)cc3s2)c1. The van der Waals surface area contributed by atoms with E-state index >= 15 is 0 Å². The van der Waals surface area contributed by atoms with E-state index in [1.807, 2.05) is 36.8 Å². The van der Waals surface area contributed by atoms with Crippen LogP contribution in [-0.4, -0.2) is 39.5 Å². The largest absolute Gasteiger partial charge is 0.385 e. The number of nitrogens with zero attached hydrogens (tertiary/aromatic N) is 4. The molecule has 0 unspecified atom stereocenters. The van der Waals surface area contributed by atoms with Crippen LogP contribution in [0.15, 0.2) is 73.3 Å². The summed E-state index contributed by atoms with van der Waals surface area (Å²) in [4.78, 5) is 15.9. The van der Waals surface area contributed by atoms with Crippen LogP contribution < -0.4 is 10.6 Å². The van der Waals surface area contributed by atoms with Crippen LogP contribution in [0.3, 0.4) is 0 Å². The van der Waals surface area contributed by atoms with E-state index in [-0.39, 0.29) is 0 Å². The number of hydrogen-bond donors (Lipinski definition) is 2. The molecule has 0 atom stereocenters. The van der Waals surface area contributed by atoms with Crippen molar-refractivity contribution in [2.24, 2.45) is 0 Å². The van der Waals surface area contributed by atoms with Gasteiger partial charge >= 0.3 is 0 Å². The molecule has 1 aromatic carbocycles. The predicted molar refractivity (Wildman–Crippen MR) is 141 cm³/mol. The smallest absolute Gasteiger partial charge is 0.189 e. The van der Waals surface area contributed by atoms with Crippen LogP contribution in [-0.2, 0) is 6.54 Å². The van der Waals surface area contributed by atoms with Crippen molar-refractivity contribution in [1.82, 2.24) is 25.2 Å². The molecule has 0 aliphatic carbocycles. The lowest BCUT2D eigenvalue weighted by Gasteiger charge is -2.26. The zero-order valence-corrected chi connectivity index (χ0v) is 20.2. The van der Waals surface area contributed by atoms with E-state index < -0.39 is 0 Å². The number of piperidine rings is 1. The third kappa shape index (κ3) is 5.79. The number of benzene rings is 1. The van der Waals surface area contributed by atoms with Crippen molar-refractivity contribution in [3.8, 4) is 11.1 Å². The van der Waals surface area contributed by atoms with Crippen LogP contribution in [0.1, 0.15) is 31.2 Å². The van der Waals surface area contributed by atoms with Crippen molar-refractivity contribution in [1.29, 1.82) is 0 Å². The summed E-state index contributed by atoms with van der Waals surface area (Å²) in [5.41, 5.74) is 5.55. The summed E-state index contributed by atoms with van der Waals surface area (Å²) >= 11 is 1.63. The number of hydrogen-bond acceptors (Lipinski definition) is 7. The zero-order chi connectivity index (χ0) is 23.2. The molecule has 174 valence electrons. The molecular formula is C27H30N6S. The van der Waals surface area contributed by atoms with E-state index in [0.29, 0.717) is 0 Å². The van der Waals surface area contributed by atoms with E-state index in [9.17, 15) is 0 Å². The minimum atomic E-state index is 0.741. The summed E-state index contributed by atoms with van der Waals surface area (Å²) < 4.78 is 1.14. The monoisotopic (exact) mass is 470 g/mol. The maximum Gasteiger partial charge on any atom is 0.189 e. The highest BCUT2D eigenvalue weighted by atomic mass is 32.1. The van der Waals surface area contributed by atoms with Crippen molar-refractivity contribution in [2.45, 2.75) is 32.2 Å². The highest BCUT2D eigenvalue weighted by Crippen LogP contribution is 2.31. The van der Waals surface area contributed by atoms with Gasteiger partial charge in [0, 0.05) is 37.4 Å². The van der Waals surface area contributed by atoms with E-state index in [1.165, 1.54) is 32.4 Å². The molecule has 1 aliphatic heterocycles. The maximum absolute atomic E-state index is 4.74. The van der Waals surface area contributed by atoms with Crippen LogP contribution in [0.25, 0.3) is 21.3 Å². The minimum Gasteiger partial charge on any atom is -0.385 e. The van der Waals surface area contributed by atoms with Gasteiger partial charge in [-0.1, -0.05) is 30.4 Å². The molecule has 6 nitrogen and oxygen atoms in total. The van der Waals surface area contributed by atoms with Crippen LogP contribution in [0, 0.1) is 0 Å². The van der Waals surface area contributed by atoms with Gasteiger partial charge in [0.05, 0.1) is 10.2 Å². The number of rotatable bonds is 9. The maximum atomic E-state index is 4.74. The second kappa shape index (κ2) is 10.8. The van der Waals surface area contributed by atoms with E-state index in [2.05, 4.69) is 56.3 Å². The highest BCUT2D eigenvalue weighted by Gasteiger charge is 2.10. The fraction of sp³-hybridized carbons (Fsp3) is 0.296. The van der Waals surface area contributed by atoms with E-state index in [0.717, 1.165) is 63.1 Å². The Kier molecular flexibility index (Phi) is 7.12. The normalized spacial score (nSPS) is 14.2. The second-order valence-corrected chi connectivity index (χ2v) is 9.75. The number of aromatic nitrogens is 3. The van der Waals surface area contributed by atoms with Crippen LogP contribution in [0.2, 0.25) is 0 Å². The Bertz CT molecular complexity index is 1250.